The smallest absolute Gasteiger partial charge is 0.228 e. The van der Waals surface area contributed by atoms with Crippen LogP contribution in [0.2, 0.25) is 0 Å². The highest BCUT2D eigenvalue weighted by atomic mass is 16.1. The number of aromatic nitrogens is 3. The number of carbonyl (C=O) groups is 1. The van der Waals surface area contributed by atoms with E-state index < -0.39 is 0 Å². The highest BCUT2D eigenvalue weighted by Gasteiger charge is 2.26. The van der Waals surface area contributed by atoms with Gasteiger partial charge >= 0.3 is 0 Å². The number of nitrogens with zero attached hydrogens (tertiary/aromatic N) is 5. The van der Waals surface area contributed by atoms with Crippen LogP contribution in [-0.4, -0.2) is 47.0 Å². The monoisotopic (exact) mass is 394 g/mol. The number of piperidine rings is 2. The van der Waals surface area contributed by atoms with Gasteiger partial charge in [0.25, 0.3) is 0 Å². The second-order valence-corrected chi connectivity index (χ2v) is 8.40. The Kier molecular flexibility index (Phi) is 5.92. The molecule has 4 heterocycles. The molecule has 7 heteroatoms. The molecule has 29 heavy (non-hydrogen) atoms. The van der Waals surface area contributed by atoms with Crippen molar-refractivity contribution in [3.63, 3.8) is 0 Å². The molecule has 0 radical (unpaired) electrons. The van der Waals surface area contributed by atoms with E-state index in [0.717, 1.165) is 56.2 Å². The molecule has 4 rings (SSSR count). The van der Waals surface area contributed by atoms with E-state index in [9.17, 15) is 4.79 Å². The topological polar surface area (TPSA) is 74.2 Å². The van der Waals surface area contributed by atoms with Crippen LogP contribution in [-0.2, 0) is 4.79 Å². The first-order chi connectivity index (χ1) is 14.1. The van der Waals surface area contributed by atoms with Gasteiger partial charge in [-0.25, -0.2) is 15.0 Å². The van der Waals surface area contributed by atoms with Crippen molar-refractivity contribution >= 4 is 23.4 Å². The average Bonchev–Trinajstić information content (AvgIpc) is 2.75. The largest absolute Gasteiger partial charge is 0.356 e. The second kappa shape index (κ2) is 8.76. The minimum atomic E-state index is 0.0126. The van der Waals surface area contributed by atoms with Crippen molar-refractivity contribution < 1.29 is 4.79 Å². The molecule has 154 valence electrons. The number of nitrogens with one attached hydrogen (secondary N) is 1. The highest BCUT2D eigenvalue weighted by Crippen LogP contribution is 2.27. The minimum absolute atomic E-state index is 0.0126. The van der Waals surface area contributed by atoms with Gasteiger partial charge in [-0.05, 0) is 50.2 Å². The van der Waals surface area contributed by atoms with Crippen LogP contribution in [0.1, 0.15) is 38.2 Å². The van der Waals surface area contributed by atoms with Crippen molar-refractivity contribution in [3.8, 4) is 0 Å². The molecule has 1 atom stereocenters. The number of pyridine rings is 1. The Bertz CT molecular complexity index is 831. The van der Waals surface area contributed by atoms with E-state index in [1.165, 1.54) is 12.8 Å². The summed E-state index contributed by atoms with van der Waals surface area (Å²) in [7, 11) is 0. The molecule has 0 spiro atoms. The molecule has 0 bridgehead atoms. The zero-order valence-corrected chi connectivity index (χ0v) is 17.3. The summed E-state index contributed by atoms with van der Waals surface area (Å²) in [5.41, 5.74) is 1.08. The van der Waals surface area contributed by atoms with Crippen LogP contribution in [0, 0.1) is 18.8 Å². The molecule has 2 fully saturated rings. The van der Waals surface area contributed by atoms with E-state index in [0.29, 0.717) is 11.7 Å². The predicted molar refractivity (Wildman–Crippen MR) is 115 cm³/mol. The first-order valence-corrected chi connectivity index (χ1v) is 10.6. The van der Waals surface area contributed by atoms with Crippen molar-refractivity contribution in [2.75, 3.05) is 41.3 Å². The molecule has 2 aliphatic heterocycles. The van der Waals surface area contributed by atoms with Crippen LogP contribution >= 0.6 is 0 Å². The van der Waals surface area contributed by atoms with Crippen molar-refractivity contribution in [2.24, 2.45) is 11.8 Å². The lowest BCUT2D eigenvalue weighted by Crippen LogP contribution is -2.39. The molecule has 0 aromatic carbocycles. The summed E-state index contributed by atoms with van der Waals surface area (Å²) in [5, 5.41) is 2.95. The summed E-state index contributed by atoms with van der Waals surface area (Å²) in [5.74, 6) is 3.39. The van der Waals surface area contributed by atoms with Crippen LogP contribution < -0.4 is 15.1 Å². The van der Waals surface area contributed by atoms with Gasteiger partial charge in [-0.1, -0.05) is 13.0 Å². The van der Waals surface area contributed by atoms with Crippen LogP contribution in [0.15, 0.2) is 30.7 Å². The van der Waals surface area contributed by atoms with Gasteiger partial charge in [0.2, 0.25) is 5.91 Å². The quantitative estimate of drug-likeness (QED) is 0.858. The second-order valence-electron chi connectivity index (χ2n) is 8.40. The lowest BCUT2D eigenvalue weighted by Gasteiger charge is -2.34. The SMILES string of the molecule is Cc1ccc(NC(=O)C2CCN(c3cc(N4CCCC(C)C4)ncn3)CC2)nc1. The summed E-state index contributed by atoms with van der Waals surface area (Å²) >= 11 is 0. The Balaban J connectivity index is 1.34. The fraction of sp³-hybridized carbons (Fsp3) is 0.545. The normalized spacial score (nSPS) is 20.6. The van der Waals surface area contributed by atoms with E-state index in [4.69, 9.17) is 0 Å². The molecule has 1 unspecified atom stereocenters. The summed E-state index contributed by atoms with van der Waals surface area (Å²) in [6.07, 6.45) is 7.59. The third-order valence-electron chi connectivity index (χ3n) is 5.97. The maximum Gasteiger partial charge on any atom is 0.228 e. The number of amides is 1. The van der Waals surface area contributed by atoms with E-state index in [-0.39, 0.29) is 11.8 Å². The average molecular weight is 395 g/mol. The van der Waals surface area contributed by atoms with Gasteiger partial charge in [-0.15, -0.1) is 0 Å². The summed E-state index contributed by atoms with van der Waals surface area (Å²) in [4.78, 5) is 30.5. The van der Waals surface area contributed by atoms with Crippen molar-refractivity contribution in [1.82, 2.24) is 15.0 Å². The molecule has 2 aromatic heterocycles. The molecule has 7 nitrogen and oxygen atoms in total. The van der Waals surface area contributed by atoms with Crippen LogP contribution in [0.25, 0.3) is 0 Å². The number of hydrogen-bond donors (Lipinski definition) is 1. The fourth-order valence-corrected chi connectivity index (χ4v) is 4.22. The van der Waals surface area contributed by atoms with Crippen LogP contribution in [0.5, 0.6) is 0 Å². The molecule has 0 saturated carbocycles. The van der Waals surface area contributed by atoms with Crippen LogP contribution in [0.3, 0.4) is 0 Å². The molecular formula is C22H30N6O. The number of aryl methyl sites for hydroxylation is 1. The number of anilines is 3. The number of carbonyl (C=O) groups excluding carboxylic acids is 1. The summed E-state index contributed by atoms with van der Waals surface area (Å²) in [6, 6.07) is 5.92. The zero-order valence-electron chi connectivity index (χ0n) is 17.3. The Morgan fingerprint density at radius 3 is 2.48 bits per heavy atom. The fourth-order valence-electron chi connectivity index (χ4n) is 4.22. The Morgan fingerprint density at radius 1 is 1.03 bits per heavy atom. The first-order valence-electron chi connectivity index (χ1n) is 10.6. The standard InChI is InChI=1S/C22H30N6O/c1-16-5-6-19(23-13-16)26-22(29)18-7-10-27(11-8-18)20-12-21(25-15-24-20)28-9-3-4-17(2)14-28/h5-6,12-13,15,17-18H,3-4,7-11,14H2,1-2H3,(H,23,26,29). The molecule has 1 amide bonds. The van der Waals surface area contributed by atoms with Crippen molar-refractivity contribution in [2.45, 2.75) is 39.5 Å². The van der Waals surface area contributed by atoms with Gasteiger partial charge in [-0.3, -0.25) is 4.79 Å². The van der Waals surface area contributed by atoms with Gasteiger partial charge in [0, 0.05) is 44.4 Å². The van der Waals surface area contributed by atoms with Crippen molar-refractivity contribution in [3.05, 3.63) is 36.3 Å². The number of rotatable bonds is 4. The summed E-state index contributed by atoms with van der Waals surface area (Å²) < 4.78 is 0. The maximum atomic E-state index is 12.6. The van der Waals surface area contributed by atoms with Gasteiger partial charge < -0.3 is 15.1 Å². The third kappa shape index (κ3) is 4.83. The molecule has 1 N–H and O–H groups in total. The van der Waals surface area contributed by atoms with Gasteiger partial charge in [-0.2, -0.15) is 0 Å². The van der Waals surface area contributed by atoms with Crippen LogP contribution in [0.4, 0.5) is 17.5 Å². The Labute approximate surface area is 172 Å². The Morgan fingerprint density at radius 2 is 1.79 bits per heavy atom. The minimum Gasteiger partial charge on any atom is -0.356 e. The molecular weight excluding hydrogens is 364 g/mol. The van der Waals surface area contributed by atoms with E-state index in [2.05, 4.69) is 43.1 Å². The van der Waals surface area contributed by atoms with E-state index in [1.807, 2.05) is 19.1 Å². The first kappa shape index (κ1) is 19.6. The van der Waals surface area contributed by atoms with Crippen molar-refractivity contribution in [1.29, 1.82) is 0 Å². The van der Waals surface area contributed by atoms with Gasteiger partial charge in [0.05, 0.1) is 0 Å². The van der Waals surface area contributed by atoms with Gasteiger partial charge in [0.1, 0.15) is 23.8 Å². The molecule has 0 aliphatic carbocycles. The molecule has 2 aliphatic rings. The zero-order chi connectivity index (χ0) is 20.2. The lowest BCUT2D eigenvalue weighted by atomic mass is 9.96. The van der Waals surface area contributed by atoms with E-state index in [1.54, 1.807) is 12.5 Å². The summed E-state index contributed by atoms with van der Waals surface area (Å²) in [6.45, 7) is 8.06. The predicted octanol–water partition coefficient (Wildman–Crippen LogP) is 3.27. The van der Waals surface area contributed by atoms with E-state index >= 15 is 0 Å². The lowest BCUT2D eigenvalue weighted by molar-refractivity contribution is -0.120. The maximum absolute atomic E-state index is 12.6. The third-order valence-corrected chi connectivity index (χ3v) is 5.97. The molecule has 2 saturated heterocycles. The van der Waals surface area contributed by atoms with Gasteiger partial charge in [0.15, 0.2) is 0 Å². The molecule has 2 aromatic rings. The number of hydrogen-bond acceptors (Lipinski definition) is 6. The Hall–Kier alpha value is -2.70. The highest BCUT2D eigenvalue weighted by molar-refractivity contribution is 5.91.